The lowest BCUT2D eigenvalue weighted by Crippen LogP contribution is -2.39. The number of hydrogen-bond donors (Lipinski definition) is 0. The third-order valence-electron chi connectivity index (χ3n) is 6.48. The molecule has 0 bridgehead atoms. The average Bonchev–Trinajstić information content (AvgIpc) is 2.86. The van der Waals surface area contributed by atoms with Crippen LogP contribution in [0.15, 0.2) is 60.7 Å². The van der Waals surface area contributed by atoms with E-state index in [1.807, 2.05) is 41.3 Å². The van der Waals surface area contributed by atoms with Crippen molar-refractivity contribution in [2.45, 2.75) is 0 Å². The van der Waals surface area contributed by atoms with Crippen LogP contribution in [0.4, 0.5) is 11.4 Å². The molecule has 0 N–H and O–H groups in total. The third kappa shape index (κ3) is 3.36. The standard InChI is InChI=1S/C27H22ClN3O2/c1-30-23-5-3-2-4-19(23)27-26-21(20-16-18(28)7-8-22(20)29-27)14-17(15-24(26)30)6-9-25(32)31-10-12-33-13-11-31/h2-9,14-16H,10-13H2,1H3/b9-6+. The number of hydrogen-bond acceptors (Lipinski definition) is 4. The topological polar surface area (TPSA) is 45.7 Å². The van der Waals surface area contributed by atoms with Crippen molar-refractivity contribution in [3.8, 4) is 11.3 Å². The number of anilines is 2. The molecule has 0 unspecified atom stereocenters. The van der Waals surface area contributed by atoms with Gasteiger partial charge < -0.3 is 14.5 Å². The fraction of sp³-hybridized carbons (Fsp3) is 0.185. The van der Waals surface area contributed by atoms with Crippen LogP contribution >= 0.6 is 11.6 Å². The molecule has 164 valence electrons. The van der Waals surface area contributed by atoms with Crippen LogP contribution in [0.5, 0.6) is 0 Å². The molecule has 33 heavy (non-hydrogen) atoms. The number of para-hydroxylation sites is 1. The van der Waals surface area contributed by atoms with Gasteiger partial charge in [0, 0.05) is 47.6 Å². The maximum absolute atomic E-state index is 12.7. The predicted molar refractivity (Wildman–Crippen MR) is 134 cm³/mol. The van der Waals surface area contributed by atoms with Crippen LogP contribution in [-0.2, 0) is 9.53 Å². The molecule has 1 amide bonds. The summed E-state index contributed by atoms with van der Waals surface area (Å²) in [5, 5.41) is 3.86. The molecule has 1 fully saturated rings. The summed E-state index contributed by atoms with van der Waals surface area (Å²) in [4.78, 5) is 21.7. The van der Waals surface area contributed by atoms with Gasteiger partial charge in [0.25, 0.3) is 0 Å². The van der Waals surface area contributed by atoms with Crippen LogP contribution in [0.25, 0.3) is 39.0 Å². The Bertz CT molecular complexity index is 1460. The monoisotopic (exact) mass is 455 g/mol. The zero-order valence-corrected chi connectivity index (χ0v) is 19.0. The fourth-order valence-corrected chi connectivity index (χ4v) is 4.99. The second-order valence-electron chi connectivity index (χ2n) is 8.43. The molecule has 3 heterocycles. The molecular formula is C27H22ClN3O2. The minimum Gasteiger partial charge on any atom is -0.378 e. The summed E-state index contributed by atoms with van der Waals surface area (Å²) in [6, 6.07) is 18.4. The average molecular weight is 456 g/mol. The Kier molecular flexibility index (Phi) is 4.82. The molecule has 0 spiro atoms. The van der Waals surface area contributed by atoms with Gasteiger partial charge in [-0.15, -0.1) is 0 Å². The third-order valence-corrected chi connectivity index (χ3v) is 6.72. The van der Waals surface area contributed by atoms with Crippen molar-refractivity contribution in [2.75, 3.05) is 38.3 Å². The number of aromatic nitrogens is 1. The van der Waals surface area contributed by atoms with Gasteiger partial charge in [-0.05, 0) is 53.4 Å². The number of nitrogens with zero attached hydrogens (tertiary/aromatic N) is 3. The molecule has 4 aromatic rings. The van der Waals surface area contributed by atoms with Crippen LogP contribution in [0.3, 0.4) is 0 Å². The molecule has 2 aliphatic heterocycles. The summed E-state index contributed by atoms with van der Waals surface area (Å²) in [7, 11) is 2.07. The SMILES string of the molecule is CN1c2ccccc2-c2nc3ccc(Cl)cc3c3cc(/C=C/C(=O)N4CCOCC4)cc1c23. The first-order valence-electron chi connectivity index (χ1n) is 11.0. The lowest BCUT2D eigenvalue weighted by atomic mass is 9.92. The van der Waals surface area contributed by atoms with Crippen molar-refractivity contribution in [3.63, 3.8) is 0 Å². The summed E-state index contributed by atoms with van der Waals surface area (Å²) in [6.45, 7) is 2.44. The Morgan fingerprint density at radius 3 is 2.70 bits per heavy atom. The molecule has 0 radical (unpaired) electrons. The van der Waals surface area contributed by atoms with Crippen molar-refractivity contribution in [2.24, 2.45) is 0 Å². The Morgan fingerprint density at radius 2 is 1.85 bits per heavy atom. The molecule has 1 aromatic heterocycles. The Hall–Kier alpha value is -3.41. The van der Waals surface area contributed by atoms with Crippen molar-refractivity contribution in [3.05, 3.63) is 71.3 Å². The highest BCUT2D eigenvalue weighted by Crippen LogP contribution is 2.48. The number of rotatable bonds is 2. The van der Waals surface area contributed by atoms with Gasteiger partial charge in [0.05, 0.1) is 35.8 Å². The zero-order chi connectivity index (χ0) is 22.5. The van der Waals surface area contributed by atoms with Crippen molar-refractivity contribution in [1.29, 1.82) is 0 Å². The number of ether oxygens (including phenoxy) is 1. The summed E-state index contributed by atoms with van der Waals surface area (Å²) in [6.07, 6.45) is 3.56. The predicted octanol–water partition coefficient (Wildman–Crippen LogP) is 5.66. The number of fused-ring (bicyclic) bond motifs is 4. The lowest BCUT2D eigenvalue weighted by Gasteiger charge is -2.30. The molecule has 0 atom stereocenters. The molecule has 0 aliphatic carbocycles. The highest BCUT2D eigenvalue weighted by atomic mass is 35.5. The highest BCUT2D eigenvalue weighted by Gasteiger charge is 2.25. The van der Waals surface area contributed by atoms with Gasteiger partial charge in [-0.3, -0.25) is 4.79 Å². The number of amides is 1. The van der Waals surface area contributed by atoms with E-state index in [0.29, 0.717) is 31.3 Å². The quantitative estimate of drug-likeness (QED) is 0.289. The number of pyridine rings is 1. The molecular weight excluding hydrogens is 434 g/mol. The lowest BCUT2D eigenvalue weighted by molar-refractivity contribution is -0.129. The van der Waals surface area contributed by atoms with Crippen LogP contribution in [0, 0.1) is 0 Å². The maximum atomic E-state index is 12.7. The number of benzene rings is 3. The van der Waals surface area contributed by atoms with Gasteiger partial charge in [-0.1, -0.05) is 29.8 Å². The number of morpholine rings is 1. The Morgan fingerprint density at radius 1 is 1.03 bits per heavy atom. The first-order chi connectivity index (χ1) is 16.1. The highest BCUT2D eigenvalue weighted by molar-refractivity contribution is 6.32. The molecule has 6 rings (SSSR count). The van der Waals surface area contributed by atoms with E-state index in [-0.39, 0.29) is 5.91 Å². The summed E-state index contributed by atoms with van der Waals surface area (Å²) >= 11 is 6.37. The second-order valence-corrected chi connectivity index (χ2v) is 8.87. The van der Waals surface area contributed by atoms with Crippen LogP contribution < -0.4 is 4.90 Å². The molecule has 0 saturated carbocycles. The van der Waals surface area contributed by atoms with Gasteiger partial charge in [0.1, 0.15) is 0 Å². The Balaban J connectivity index is 1.57. The van der Waals surface area contributed by atoms with Gasteiger partial charge in [-0.25, -0.2) is 4.98 Å². The molecule has 5 nitrogen and oxygen atoms in total. The van der Waals surface area contributed by atoms with E-state index in [9.17, 15) is 4.79 Å². The van der Waals surface area contributed by atoms with E-state index in [1.54, 1.807) is 6.08 Å². The molecule has 3 aromatic carbocycles. The molecule has 1 saturated heterocycles. The van der Waals surface area contributed by atoms with Crippen LogP contribution in [-0.4, -0.2) is 49.1 Å². The van der Waals surface area contributed by atoms with Crippen LogP contribution in [0.1, 0.15) is 5.56 Å². The zero-order valence-electron chi connectivity index (χ0n) is 18.2. The number of carbonyl (C=O) groups is 1. The summed E-state index contributed by atoms with van der Waals surface area (Å²) < 4.78 is 5.36. The number of carbonyl (C=O) groups excluding carboxylic acids is 1. The molecule has 2 aliphatic rings. The van der Waals surface area contributed by atoms with Crippen molar-refractivity contribution >= 4 is 56.6 Å². The van der Waals surface area contributed by atoms with E-state index < -0.39 is 0 Å². The minimum atomic E-state index is 0.00839. The van der Waals surface area contributed by atoms with Gasteiger partial charge in [-0.2, -0.15) is 0 Å². The van der Waals surface area contributed by atoms with Gasteiger partial charge >= 0.3 is 0 Å². The second kappa shape index (κ2) is 7.87. The fourth-order valence-electron chi connectivity index (χ4n) is 4.82. The van der Waals surface area contributed by atoms with E-state index in [1.165, 1.54) is 0 Å². The van der Waals surface area contributed by atoms with Gasteiger partial charge in [0.15, 0.2) is 0 Å². The number of halogens is 1. The largest absolute Gasteiger partial charge is 0.378 e. The van der Waals surface area contributed by atoms with Gasteiger partial charge in [0.2, 0.25) is 5.91 Å². The first-order valence-corrected chi connectivity index (χ1v) is 11.4. The van der Waals surface area contributed by atoms with Crippen molar-refractivity contribution in [1.82, 2.24) is 9.88 Å². The summed E-state index contributed by atoms with van der Waals surface area (Å²) in [5.74, 6) is 0.00839. The van der Waals surface area contributed by atoms with E-state index >= 15 is 0 Å². The van der Waals surface area contributed by atoms with E-state index in [2.05, 4.69) is 36.2 Å². The summed E-state index contributed by atoms with van der Waals surface area (Å²) in [5.41, 5.74) is 6.12. The Labute approximate surface area is 196 Å². The normalized spacial score (nSPS) is 15.5. The smallest absolute Gasteiger partial charge is 0.246 e. The first kappa shape index (κ1) is 20.2. The van der Waals surface area contributed by atoms with Crippen molar-refractivity contribution < 1.29 is 9.53 Å². The van der Waals surface area contributed by atoms with E-state index in [4.69, 9.17) is 21.3 Å². The van der Waals surface area contributed by atoms with Crippen LogP contribution in [0.2, 0.25) is 5.02 Å². The van der Waals surface area contributed by atoms with E-state index in [0.717, 1.165) is 49.9 Å². The maximum Gasteiger partial charge on any atom is 0.246 e. The minimum absolute atomic E-state index is 0.00839. The molecule has 6 heteroatoms.